The minimum atomic E-state index is -0.509. The van der Waals surface area contributed by atoms with Gasteiger partial charge in [0.1, 0.15) is 5.54 Å². The molecule has 5 nitrogen and oxygen atoms in total. The van der Waals surface area contributed by atoms with Crippen LogP contribution in [0.5, 0.6) is 0 Å². The van der Waals surface area contributed by atoms with Crippen molar-refractivity contribution in [2.75, 3.05) is 26.2 Å². The fourth-order valence-corrected chi connectivity index (χ4v) is 2.90. The molecule has 2 saturated heterocycles. The normalized spacial score (nSPS) is 31.5. The highest BCUT2D eigenvalue weighted by Crippen LogP contribution is 2.28. The molecule has 1 spiro atoms. The van der Waals surface area contributed by atoms with E-state index in [-0.39, 0.29) is 11.8 Å². The largest absolute Gasteiger partial charge is 0.339 e. The average molecular weight is 323 g/mol. The number of piperazine rings is 1. The Bertz CT molecular complexity index is 306. The first kappa shape index (κ1) is 11.1. The van der Waals surface area contributed by atoms with Crippen LogP contribution in [-0.4, -0.2) is 51.5 Å². The summed E-state index contributed by atoms with van der Waals surface area (Å²) in [6, 6.07) is 0. The summed E-state index contributed by atoms with van der Waals surface area (Å²) in [5, 5.41) is 3.27. The maximum atomic E-state index is 12.0. The molecule has 0 saturated carbocycles. The summed E-state index contributed by atoms with van der Waals surface area (Å²) < 4.78 is 1.70. The van der Waals surface area contributed by atoms with Gasteiger partial charge in [-0.3, -0.25) is 18.0 Å². The van der Waals surface area contributed by atoms with Gasteiger partial charge in [-0.25, -0.2) is 0 Å². The van der Waals surface area contributed by atoms with Crippen LogP contribution in [0.4, 0.5) is 0 Å². The number of amides is 2. The maximum absolute atomic E-state index is 12.0. The molecule has 0 aromatic heterocycles. The molecule has 0 aromatic rings. The van der Waals surface area contributed by atoms with Crippen LogP contribution >= 0.6 is 22.9 Å². The van der Waals surface area contributed by atoms with E-state index < -0.39 is 5.54 Å². The van der Waals surface area contributed by atoms with Gasteiger partial charge in [0, 0.05) is 33.1 Å². The smallest absolute Gasteiger partial charge is 0.253 e. The predicted molar refractivity (Wildman–Crippen MR) is 63.3 cm³/mol. The third kappa shape index (κ3) is 1.84. The summed E-state index contributed by atoms with van der Waals surface area (Å²) in [6.07, 6.45) is 0.790. The average Bonchev–Trinajstić information content (AvgIpc) is 2.48. The zero-order valence-corrected chi connectivity index (χ0v) is 10.8. The van der Waals surface area contributed by atoms with Crippen LogP contribution < -0.4 is 5.32 Å². The van der Waals surface area contributed by atoms with Gasteiger partial charge in [-0.15, -0.1) is 0 Å². The van der Waals surface area contributed by atoms with Crippen LogP contribution in [-0.2, 0) is 9.59 Å². The van der Waals surface area contributed by atoms with E-state index in [1.54, 1.807) is 14.9 Å². The van der Waals surface area contributed by atoms with Crippen LogP contribution in [0.1, 0.15) is 13.3 Å². The van der Waals surface area contributed by atoms with Gasteiger partial charge in [0.2, 0.25) is 5.91 Å². The van der Waals surface area contributed by atoms with E-state index in [1.165, 1.54) is 0 Å². The lowest BCUT2D eigenvalue weighted by Gasteiger charge is -2.39. The van der Waals surface area contributed by atoms with Crippen molar-refractivity contribution in [1.29, 1.82) is 0 Å². The number of nitrogens with one attached hydrogen (secondary N) is 1. The highest BCUT2D eigenvalue weighted by molar-refractivity contribution is 14.1. The van der Waals surface area contributed by atoms with E-state index in [4.69, 9.17) is 0 Å². The van der Waals surface area contributed by atoms with Gasteiger partial charge in [-0.1, -0.05) is 0 Å². The van der Waals surface area contributed by atoms with E-state index in [0.29, 0.717) is 19.6 Å². The number of halogens is 1. The Labute approximate surface area is 103 Å². The number of rotatable bonds is 0. The molecular formula is C9H14IN3O2. The zero-order valence-electron chi connectivity index (χ0n) is 8.62. The van der Waals surface area contributed by atoms with Crippen LogP contribution in [0.15, 0.2) is 0 Å². The number of carbonyl (C=O) groups excluding carboxylic acids is 2. The van der Waals surface area contributed by atoms with Crippen molar-refractivity contribution in [3.05, 3.63) is 0 Å². The molecule has 2 aliphatic rings. The molecule has 2 aliphatic heterocycles. The van der Waals surface area contributed by atoms with Crippen molar-refractivity contribution < 1.29 is 9.59 Å². The fourth-order valence-electron chi connectivity index (χ4n) is 2.20. The third-order valence-corrected chi connectivity index (χ3v) is 4.04. The molecule has 2 heterocycles. The molecule has 15 heavy (non-hydrogen) atoms. The minimum Gasteiger partial charge on any atom is -0.339 e. The van der Waals surface area contributed by atoms with Gasteiger partial charge < -0.3 is 4.90 Å². The molecule has 1 N–H and O–H groups in total. The fraction of sp³-hybridized carbons (Fsp3) is 0.778. The Morgan fingerprint density at radius 2 is 2.27 bits per heavy atom. The number of carbonyl (C=O) groups is 2. The summed E-state index contributed by atoms with van der Waals surface area (Å²) in [7, 11) is 0. The van der Waals surface area contributed by atoms with Crippen LogP contribution in [0.25, 0.3) is 0 Å². The zero-order chi connectivity index (χ0) is 11.1. The van der Waals surface area contributed by atoms with Crippen LogP contribution in [0.3, 0.4) is 0 Å². The first-order valence-electron chi connectivity index (χ1n) is 5.03. The maximum Gasteiger partial charge on any atom is 0.253 e. The summed E-state index contributed by atoms with van der Waals surface area (Å²) in [5.74, 6) is 0.157. The van der Waals surface area contributed by atoms with Gasteiger partial charge >= 0.3 is 0 Å². The summed E-state index contributed by atoms with van der Waals surface area (Å²) in [5.41, 5.74) is -0.509. The molecule has 1 unspecified atom stereocenters. The molecule has 6 heteroatoms. The summed E-state index contributed by atoms with van der Waals surface area (Å²) in [6.45, 7) is 4.24. The second-order valence-corrected chi connectivity index (χ2v) is 5.26. The molecule has 2 fully saturated rings. The molecule has 2 rings (SSSR count). The topological polar surface area (TPSA) is 52.7 Å². The second kappa shape index (κ2) is 3.89. The highest BCUT2D eigenvalue weighted by atomic mass is 127. The number of hydrogen-bond acceptors (Lipinski definition) is 3. The predicted octanol–water partition coefficient (Wildman–Crippen LogP) is -0.241. The SMILES string of the molecule is CC(=O)N1CCNC2(CCN(I)C2=O)C1. The van der Waals surface area contributed by atoms with Gasteiger partial charge in [0.05, 0.1) is 22.9 Å². The van der Waals surface area contributed by atoms with Crippen LogP contribution in [0.2, 0.25) is 0 Å². The van der Waals surface area contributed by atoms with Crippen molar-refractivity contribution in [2.24, 2.45) is 0 Å². The van der Waals surface area contributed by atoms with Crippen molar-refractivity contribution in [3.8, 4) is 0 Å². The van der Waals surface area contributed by atoms with E-state index in [9.17, 15) is 9.59 Å². The van der Waals surface area contributed by atoms with Crippen LogP contribution in [0, 0.1) is 0 Å². The Balaban J connectivity index is 2.15. The van der Waals surface area contributed by atoms with Gasteiger partial charge in [0.25, 0.3) is 5.91 Å². The lowest BCUT2D eigenvalue weighted by atomic mass is 9.94. The van der Waals surface area contributed by atoms with Gasteiger partial charge in [-0.05, 0) is 6.42 Å². The lowest BCUT2D eigenvalue weighted by molar-refractivity contribution is -0.135. The first-order valence-corrected chi connectivity index (χ1v) is 6.00. The van der Waals surface area contributed by atoms with Crippen molar-refractivity contribution in [1.82, 2.24) is 13.3 Å². The molecule has 1 atom stereocenters. The molecule has 0 aromatic carbocycles. The van der Waals surface area contributed by atoms with E-state index >= 15 is 0 Å². The van der Waals surface area contributed by atoms with Crippen molar-refractivity contribution >= 4 is 34.7 Å². The van der Waals surface area contributed by atoms with Crippen molar-refractivity contribution in [2.45, 2.75) is 18.9 Å². The molecule has 84 valence electrons. The lowest BCUT2D eigenvalue weighted by Crippen LogP contribution is -2.64. The quantitative estimate of drug-likeness (QED) is 0.495. The van der Waals surface area contributed by atoms with E-state index in [1.807, 2.05) is 22.9 Å². The third-order valence-electron chi connectivity index (χ3n) is 3.12. The molecule has 0 aliphatic carbocycles. The van der Waals surface area contributed by atoms with Crippen molar-refractivity contribution in [3.63, 3.8) is 0 Å². The first-order chi connectivity index (χ1) is 7.05. The Morgan fingerprint density at radius 3 is 2.80 bits per heavy atom. The van der Waals surface area contributed by atoms with E-state index in [0.717, 1.165) is 13.0 Å². The monoisotopic (exact) mass is 323 g/mol. The standard InChI is InChI=1S/C9H14IN3O2/c1-7(14)12-5-3-11-9(6-12)2-4-13(10)8(9)15/h11H,2-6H2,1H3. The second-order valence-electron chi connectivity index (χ2n) is 4.09. The Kier molecular flexibility index (Phi) is 2.89. The Hall–Kier alpha value is -0.370. The number of nitrogens with zero attached hydrogens (tertiary/aromatic N) is 2. The summed E-state index contributed by atoms with van der Waals surface area (Å²) in [4.78, 5) is 25.0. The van der Waals surface area contributed by atoms with Gasteiger partial charge in [-0.2, -0.15) is 0 Å². The molecule has 2 amide bonds. The molecular weight excluding hydrogens is 309 g/mol. The summed E-state index contributed by atoms with van der Waals surface area (Å²) >= 11 is 2.04. The van der Waals surface area contributed by atoms with E-state index in [2.05, 4.69) is 5.32 Å². The molecule has 0 radical (unpaired) electrons. The minimum absolute atomic E-state index is 0.0515. The highest BCUT2D eigenvalue weighted by Gasteiger charge is 2.48. The number of hydrogen-bond donors (Lipinski definition) is 1. The molecule has 0 bridgehead atoms. The Morgan fingerprint density at radius 1 is 1.53 bits per heavy atom. The van der Waals surface area contributed by atoms with Gasteiger partial charge in [0.15, 0.2) is 0 Å².